The van der Waals surface area contributed by atoms with E-state index in [4.69, 9.17) is 0 Å². The molecule has 7 heteroatoms. The first-order valence-electron chi connectivity index (χ1n) is 8.28. The number of nitrogens with one attached hydrogen (secondary N) is 2. The minimum absolute atomic E-state index is 0.0618. The smallest absolute Gasteiger partial charge is 0.252 e. The lowest BCUT2D eigenvalue weighted by Gasteiger charge is -2.04. The molecule has 2 aromatic carbocycles. The number of carbonyl (C=O) groups excluding carboxylic acids is 2. The van der Waals surface area contributed by atoms with E-state index in [1.807, 2.05) is 0 Å². The van der Waals surface area contributed by atoms with Crippen molar-refractivity contribution < 1.29 is 18.0 Å². The molecule has 6 nitrogen and oxygen atoms in total. The molecule has 0 unspecified atom stereocenters. The molecule has 140 valence electrons. The zero-order chi connectivity index (χ0) is 19.7. The van der Waals surface area contributed by atoms with Crippen LogP contribution in [0.2, 0.25) is 0 Å². The number of carbonyl (C=O) groups is 2. The largest absolute Gasteiger partial charge is 0.355 e. The third kappa shape index (κ3) is 5.97. The SMILES string of the molecule is CNC(=O)c1ccccc1C#CCNC(=O)CCS(=O)(=O)c1ccccc1. The summed E-state index contributed by atoms with van der Waals surface area (Å²) in [7, 11) is -1.95. The fraction of sp³-hybridized carbons (Fsp3) is 0.200. The first-order chi connectivity index (χ1) is 12.9. The predicted molar refractivity (Wildman–Crippen MR) is 103 cm³/mol. The Morgan fingerprint density at radius 3 is 2.37 bits per heavy atom. The Balaban J connectivity index is 1.88. The van der Waals surface area contributed by atoms with E-state index < -0.39 is 15.7 Å². The molecular weight excluding hydrogens is 364 g/mol. The monoisotopic (exact) mass is 384 g/mol. The van der Waals surface area contributed by atoms with Crippen molar-refractivity contribution >= 4 is 21.7 Å². The summed E-state index contributed by atoms with van der Waals surface area (Å²) < 4.78 is 24.3. The summed E-state index contributed by atoms with van der Waals surface area (Å²) in [6.07, 6.45) is -0.145. The molecular formula is C20H20N2O4S. The molecule has 0 heterocycles. The Morgan fingerprint density at radius 2 is 1.67 bits per heavy atom. The van der Waals surface area contributed by atoms with Gasteiger partial charge >= 0.3 is 0 Å². The number of benzene rings is 2. The van der Waals surface area contributed by atoms with Crippen LogP contribution in [-0.2, 0) is 14.6 Å². The normalized spacial score (nSPS) is 10.4. The second-order valence-corrected chi connectivity index (χ2v) is 7.69. The summed E-state index contributed by atoms with van der Waals surface area (Å²) in [5.74, 6) is 4.70. The van der Waals surface area contributed by atoms with Gasteiger partial charge in [0, 0.05) is 19.0 Å². The molecule has 0 radical (unpaired) electrons. The number of hydrogen-bond donors (Lipinski definition) is 2. The number of amides is 2. The molecule has 2 amide bonds. The molecule has 27 heavy (non-hydrogen) atoms. The summed E-state index contributed by atoms with van der Waals surface area (Å²) in [6, 6.07) is 14.9. The van der Waals surface area contributed by atoms with Gasteiger partial charge in [-0.25, -0.2) is 8.42 Å². The topological polar surface area (TPSA) is 92.3 Å². The Morgan fingerprint density at radius 1 is 1.00 bits per heavy atom. The van der Waals surface area contributed by atoms with Gasteiger partial charge in [-0.15, -0.1) is 0 Å². The van der Waals surface area contributed by atoms with Gasteiger partial charge in [0.1, 0.15) is 0 Å². The molecule has 2 N–H and O–H groups in total. The minimum atomic E-state index is -3.49. The standard InChI is InChI=1S/C20H20N2O4S/c1-21-20(24)18-12-6-5-8-16(18)9-7-14-22-19(23)13-15-27(25,26)17-10-3-2-4-11-17/h2-6,8,10-12H,13-15H2,1H3,(H,21,24)(H,22,23). The third-order valence-electron chi connectivity index (χ3n) is 3.70. The van der Waals surface area contributed by atoms with E-state index in [0.29, 0.717) is 11.1 Å². The highest BCUT2D eigenvalue weighted by atomic mass is 32.2. The van der Waals surface area contributed by atoms with Crippen molar-refractivity contribution in [2.24, 2.45) is 0 Å². The van der Waals surface area contributed by atoms with E-state index in [1.165, 1.54) is 19.2 Å². The maximum Gasteiger partial charge on any atom is 0.252 e. The second kappa shape index (κ2) is 9.55. The highest BCUT2D eigenvalue weighted by Gasteiger charge is 2.15. The van der Waals surface area contributed by atoms with Gasteiger partial charge in [-0.05, 0) is 24.3 Å². The van der Waals surface area contributed by atoms with Crippen molar-refractivity contribution in [2.45, 2.75) is 11.3 Å². The van der Waals surface area contributed by atoms with Crippen LogP contribution < -0.4 is 10.6 Å². The van der Waals surface area contributed by atoms with Gasteiger partial charge in [0.05, 0.1) is 22.8 Å². The Hall–Kier alpha value is -3.11. The van der Waals surface area contributed by atoms with E-state index in [0.717, 1.165) is 0 Å². The maximum atomic E-state index is 12.1. The number of hydrogen-bond acceptors (Lipinski definition) is 4. The molecule has 0 saturated heterocycles. The van der Waals surface area contributed by atoms with Gasteiger partial charge < -0.3 is 10.6 Å². The van der Waals surface area contributed by atoms with Gasteiger partial charge in [0.2, 0.25) is 5.91 Å². The lowest BCUT2D eigenvalue weighted by atomic mass is 10.1. The summed E-state index contributed by atoms with van der Waals surface area (Å²) in [6.45, 7) is 0.0618. The number of sulfone groups is 1. The highest BCUT2D eigenvalue weighted by molar-refractivity contribution is 7.91. The van der Waals surface area contributed by atoms with Crippen LogP contribution in [0.1, 0.15) is 22.3 Å². The van der Waals surface area contributed by atoms with Crippen molar-refractivity contribution in [1.82, 2.24) is 10.6 Å². The van der Waals surface area contributed by atoms with Crippen LogP contribution in [0, 0.1) is 11.8 Å². The molecule has 0 bridgehead atoms. The van der Waals surface area contributed by atoms with Crippen molar-refractivity contribution in [2.75, 3.05) is 19.3 Å². The fourth-order valence-electron chi connectivity index (χ4n) is 2.27. The molecule has 0 spiro atoms. The van der Waals surface area contributed by atoms with Crippen LogP contribution in [-0.4, -0.2) is 39.6 Å². The summed E-state index contributed by atoms with van der Waals surface area (Å²) in [5, 5.41) is 5.10. The summed E-state index contributed by atoms with van der Waals surface area (Å²) in [4.78, 5) is 23.8. The highest BCUT2D eigenvalue weighted by Crippen LogP contribution is 2.11. The zero-order valence-corrected chi connectivity index (χ0v) is 15.7. The third-order valence-corrected chi connectivity index (χ3v) is 5.43. The predicted octanol–water partition coefficient (Wildman–Crippen LogP) is 1.38. The fourth-order valence-corrected chi connectivity index (χ4v) is 3.53. The van der Waals surface area contributed by atoms with Crippen molar-refractivity contribution in [3.05, 3.63) is 65.7 Å². The first kappa shape index (κ1) is 20.2. The average Bonchev–Trinajstić information content (AvgIpc) is 2.70. The molecule has 0 aromatic heterocycles. The van der Waals surface area contributed by atoms with Crippen molar-refractivity contribution in [3.63, 3.8) is 0 Å². The molecule has 0 saturated carbocycles. The molecule has 0 aliphatic rings. The first-order valence-corrected chi connectivity index (χ1v) is 9.94. The molecule has 2 rings (SSSR count). The Labute approximate surface area is 158 Å². The van der Waals surface area contributed by atoms with Crippen LogP contribution >= 0.6 is 0 Å². The van der Waals surface area contributed by atoms with E-state index in [2.05, 4.69) is 22.5 Å². The van der Waals surface area contributed by atoms with Crippen LogP contribution in [0.3, 0.4) is 0 Å². The lowest BCUT2D eigenvalue weighted by Crippen LogP contribution is -2.26. The Bertz CT molecular complexity index is 974. The molecule has 2 aromatic rings. The van der Waals surface area contributed by atoms with E-state index in [1.54, 1.807) is 42.5 Å². The summed E-state index contributed by atoms with van der Waals surface area (Å²) in [5.41, 5.74) is 1.01. The van der Waals surface area contributed by atoms with Crippen LogP contribution in [0.4, 0.5) is 0 Å². The number of rotatable bonds is 6. The van der Waals surface area contributed by atoms with Crippen LogP contribution in [0.15, 0.2) is 59.5 Å². The maximum absolute atomic E-state index is 12.1. The van der Waals surface area contributed by atoms with E-state index in [9.17, 15) is 18.0 Å². The minimum Gasteiger partial charge on any atom is -0.355 e. The average molecular weight is 384 g/mol. The van der Waals surface area contributed by atoms with Gasteiger partial charge in [0.25, 0.3) is 5.91 Å². The lowest BCUT2D eigenvalue weighted by molar-refractivity contribution is -0.120. The second-order valence-electron chi connectivity index (χ2n) is 5.59. The molecule has 0 fully saturated rings. The van der Waals surface area contributed by atoms with Gasteiger partial charge in [-0.1, -0.05) is 42.2 Å². The van der Waals surface area contributed by atoms with Crippen molar-refractivity contribution in [3.8, 4) is 11.8 Å². The quantitative estimate of drug-likeness (QED) is 0.736. The molecule has 0 aliphatic carbocycles. The Kier molecular flexibility index (Phi) is 7.15. The van der Waals surface area contributed by atoms with Gasteiger partial charge in [0.15, 0.2) is 9.84 Å². The van der Waals surface area contributed by atoms with E-state index in [-0.39, 0.29) is 29.5 Å². The van der Waals surface area contributed by atoms with Gasteiger partial charge in [-0.3, -0.25) is 9.59 Å². The molecule has 0 atom stereocenters. The van der Waals surface area contributed by atoms with E-state index >= 15 is 0 Å². The van der Waals surface area contributed by atoms with Crippen molar-refractivity contribution in [1.29, 1.82) is 0 Å². The van der Waals surface area contributed by atoms with Crippen LogP contribution in [0.25, 0.3) is 0 Å². The van der Waals surface area contributed by atoms with Crippen LogP contribution in [0.5, 0.6) is 0 Å². The summed E-state index contributed by atoms with van der Waals surface area (Å²) >= 11 is 0. The molecule has 0 aliphatic heterocycles. The zero-order valence-electron chi connectivity index (χ0n) is 14.9. The van der Waals surface area contributed by atoms with Gasteiger partial charge in [-0.2, -0.15) is 0 Å².